The summed E-state index contributed by atoms with van der Waals surface area (Å²) in [6.07, 6.45) is 6.88. The number of benzene rings is 1. The Bertz CT molecular complexity index is 627. The summed E-state index contributed by atoms with van der Waals surface area (Å²) < 4.78 is 4.97. The van der Waals surface area contributed by atoms with Crippen LogP contribution in [-0.2, 0) is 11.2 Å². The van der Waals surface area contributed by atoms with Crippen molar-refractivity contribution in [2.75, 3.05) is 24.5 Å². The van der Waals surface area contributed by atoms with E-state index in [-0.39, 0.29) is 0 Å². The molecule has 0 saturated carbocycles. The van der Waals surface area contributed by atoms with Crippen LogP contribution < -0.4 is 4.90 Å². The molecule has 5 heteroatoms. The van der Waals surface area contributed by atoms with Gasteiger partial charge in [0, 0.05) is 25.2 Å². The van der Waals surface area contributed by atoms with Gasteiger partial charge in [-0.1, -0.05) is 12.0 Å². The molecule has 2 aliphatic rings. The zero-order valence-electron chi connectivity index (χ0n) is 11.7. The quantitative estimate of drug-likeness (QED) is 0.543. The van der Waals surface area contributed by atoms with Crippen LogP contribution in [0.25, 0.3) is 0 Å². The molecule has 2 aliphatic heterocycles. The summed E-state index contributed by atoms with van der Waals surface area (Å²) in [4.78, 5) is 27.1. The van der Waals surface area contributed by atoms with Gasteiger partial charge in [0.05, 0.1) is 5.69 Å². The first kappa shape index (κ1) is 13.5. The lowest BCUT2D eigenvalue weighted by atomic mass is 10.1. The molecule has 0 atom stereocenters. The number of carbonyl (C=O) groups excluding carboxylic acids is 2. The lowest BCUT2D eigenvalue weighted by molar-refractivity contribution is 0.128. The van der Waals surface area contributed by atoms with Gasteiger partial charge in [0.1, 0.15) is 0 Å². The van der Waals surface area contributed by atoms with Gasteiger partial charge in [-0.15, -0.1) is 6.42 Å². The zero-order valence-corrected chi connectivity index (χ0v) is 11.7. The van der Waals surface area contributed by atoms with Crippen molar-refractivity contribution in [2.45, 2.75) is 19.3 Å². The van der Waals surface area contributed by atoms with E-state index < -0.39 is 12.2 Å². The summed E-state index contributed by atoms with van der Waals surface area (Å²) in [5.41, 5.74) is 2.49. The Morgan fingerprint density at radius 2 is 1.90 bits per heavy atom. The van der Waals surface area contributed by atoms with Gasteiger partial charge in [0.25, 0.3) is 0 Å². The van der Waals surface area contributed by atoms with Gasteiger partial charge >= 0.3 is 12.2 Å². The number of hydrogen-bond donors (Lipinski definition) is 0. The summed E-state index contributed by atoms with van der Waals surface area (Å²) >= 11 is 0. The number of terminal acetylenes is 1. The van der Waals surface area contributed by atoms with Gasteiger partial charge in [-0.3, -0.25) is 4.90 Å². The number of anilines is 1. The van der Waals surface area contributed by atoms with E-state index in [1.54, 1.807) is 4.90 Å². The van der Waals surface area contributed by atoms with Crippen LogP contribution in [0, 0.1) is 12.3 Å². The molecule has 2 amide bonds. The van der Waals surface area contributed by atoms with Gasteiger partial charge in [-0.2, -0.15) is 0 Å². The van der Waals surface area contributed by atoms with Crippen LogP contribution in [0.5, 0.6) is 0 Å². The summed E-state index contributed by atoms with van der Waals surface area (Å²) in [6, 6.07) is 5.48. The Balaban J connectivity index is 1.73. The average Bonchev–Trinajstić information content (AvgIpc) is 3.15. The Morgan fingerprint density at radius 1 is 1.14 bits per heavy atom. The lowest BCUT2D eigenvalue weighted by Crippen LogP contribution is -2.36. The molecule has 1 aromatic carbocycles. The predicted octanol–water partition coefficient (Wildman–Crippen LogP) is 2.38. The van der Waals surface area contributed by atoms with E-state index in [0.29, 0.717) is 26.1 Å². The number of ether oxygens (including phenoxy) is 1. The van der Waals surface area contributed by atoms with Crippen molar-refractivity contribution in [1.82, 2.24) is 4.90 Å². The molecule has 0 aromatic heterocycles. The Hall–Kier alpha value is -2.48. The van der Waals surface area contributed by atoms with Crippen LogP contribution in [-0.4, -0.2) is 36.7 Å². The molecule has 0 N–H and O–H groups in total. The third kappa shape index (κ3) is 2.45. The largest absolute Gasteiger partial charge is 0.423 e. The maximum absolute atomic E-state index is 12.2. The highest BCUT2D eigenvalue weighted by molar-refractivity contribution is 5.96. The van der Waals surface area contributed by atoms with E-state index in [2.05, 4.69) is 5.92 Å². The van der Waals surface area contributed by atoms with Crippen LogP contribution in [0.15, 0.2) is 18.2 Å². The standard InChI is InChI=1S/C16H16N2O3/c1-2-12-6-5-7-14-13(12)8-11-18(14)16(20)21-15(19)17-9-3-4-10-17/h1,5-7H,3-4,8-11H2. The number of amides is 2. The number of nitrogens with zero attached hydrogens (tertiary/aromatic N) is 2. The van der Waals surface area contributed by atoms with Crippen LogP contribution in [0.2, 0.25) is 0 Å². The van der Waals surface area contributed by atoms with Crippen LogP contribution in [0.3, 0.4) is 0 Å². The van der Waals surface area contributed by atoms with Gasteiger partial charge in [-0.25, -0.2) is 9.59 Å². The van der Waals surface area contributed by atoms with Crippen molar-refractivity contribution in [3.8, 4) is 12.3 Å². The molecule has 108 valence electrons. The number of carbonyl (C=O) groups is 2. The van der Waals surface area contributed by atoms with Gasteiger partial charge in [-0.05, 0) is 37.0 Å². The summed E-state index contributed by atoms with van der Waals surface area (Å²) in [6.45, 7) is 1.80. The predicted molar refractivity (Wildman–Crippen MR) is 78.1 cm³/mol. The summed E-state index contributed by atoms with van der Waals surface area (Å²) in [5.74, 6) is 2.62. The Morgan fingerprint density at radius 3 is 2.62 bits per heavy atom. The van der Waals surface area contributed by atoms with Gasteiger partial charge in [0.2, 0.25) is 0 Å². The fourth-order valence-corrected chi connectivity index (χ4v) is 2.85. The monoisotopic (exact) mass is 284 g/mol. The smallest absolute Gasteiger partial charge is 0.359 e. The van der Waals surface area contributed by atoms with E-state index >= 15 is 0 Å². The first-order valence-electron chi connectivity index (χ1n) is 7.07. The molecule has 1 aromatic rings. The molecule has 5 nitrogen and oxygen atoms in total. The first-order valence-corrected chi connectivity index (χ1v) is 7.07. The highest BCUT2D eigenvalue weighted by atomic mass is 16.6. The number of hydrogen-bond acceptors (Lipinski definition) is 3. The summed E-state index contributed by atoms with van der Waals surface area (Å²) in [7, 11) is 0. The second kappa shape index (κ2) is 5.49. The van der Waals surface area contributed by atoms with Crippen molar-refractivity contribution in [2.24, 2.45) is 0 Å². The van der Waals surface area contributed by atoms with Crippen molar-refractivity contribution in [3.63, 3.8) is 0 Å². The molecule has 2 heterocycles. The molecular weight excluding hydrogens is 268 g/mol. The normalized spacial score (nSPS) is 16.5. The molecule has 3 rings (SSSR count). The maximum atomic E-state index is 12.2. The highest BCUT2D eigenvalue weighted by Gasteiger charge is 2.30. The molecule has 21 heavy (non-hydrogen) atoms. The molecule has 1 saturated heterocycles. The van der Waals surface area contributed by atoms with Crippen molar-refractivity contribution >= 4 is 17.9 Å². The fourth-order valence-electron chi connectivity index (χ4n) is 2.85. The third-order valence-electron chi connectivity index (χ3n) is 3.94. The second-order valence-corrected chi connectivity index (χ2v) is 5.18. The molecule has 0 spiro atoms. The SMILES string of the molecule is C#Cc1cccc2c1CCN2C(=O)OC(=O)N1CCCC1. The molecule has 1 fully saturated rings. The van der Waals surface area contributed by atoms with Gasteiger partial charge in [0.15, 0.2) is 0 Å². The van der Waals surface area contributed by atoms with Gasteiger partial charge < -0.3 is 9.64 Å². The van der Waals surface area contributed by atoms with E-state index in [9.17, 15) is 9.59 Å². The zero-order chi connectivity index (χ0) is 14.8. The van der Waals surface area contributed by atoms with Crippen molar-refractivity contribution in [1.29, 1.82) is 0 Å². The minimum Gasteiger partial charge on any atom is -0.359 e. The van der Waals surface area contributed by atoms with Crippen LogP contribution >= 0.6 is 0 Å². The van der Waals surface area contributed by atoms with E-state index in [1.807, 2.05) is 18.2 Å². The van der Waals surface area contributed by atoms with Crippen molar-refractivity contribution < 1.29 is 14.3 Å². The van der Waals surface area contributed by atoms with E-state index in [0.717, 1.165) is 29.7 Å². The number of likely N-dealkylation sites (tertiary alicyclic amines) is 1. The highest BCUT2D eigenvalue weighted by Crippen LogP contribution is 2.31. The third-order valence-corrected chi connectivity index (χ3v) is 3.94. The van der Waals surface area contributed by atoms with Crippen molar-refractivity contribution in [3.05, 3.63) is 29.3 Å². The fraction of sp³-hybridized carbons (Fsp3) is 0.375. The Labute approximate surface area is 123 Å². The first-order chi connectivity index (χ1) is 10.2. The molecule has 0 bridgehead atoms. The Kier molecular flexibility index (Phi) is 3.53. The topological polar surface area (TPSA) is 49.9 Å². The average molecular weight is 284 g/mol. The minimum atomic E-state index is -0.625. The molecule has 0 radical (unpaired) electrons. The van der Waals surface area contributed by atoms with E-state index in [4.69, 9.17) is 11.2 Å². The van der Waals surface area contributed by atoms with Crippen LogP contribution in [0.1, 0.15) is 24.0 Å². The van der Waals surface area contributed by atoms with E-state index in [1.165, 1.54) is 4.90 Å². The maximum Gasteiger partial charge on any atom is 0.423 e. The number of fused-ring (bicyclic) bond motifs is 1. The molecular formula is C16H16N2O3. The minimum absolute atomic E-state index is 0.486. The van der Waals surface area contributed by atoms with Crippen LogP contribution in [0.4, 0.5) is 15.3 Å². The molecule has 0 unspecified atom stereocenters. The lowest BCUT2D eigenvalue weighted by Gasteiger charge is -2.19. The number of rotatable bonds is 0. The molecule has 0 aliphatic carbocycles. The summed E-state index contributed by atoms with van der Waals surface area (Å²) in [5, 5.41) is 0. The second-order valence-electron chi connectivity index (χ2n) is 5.18.